The molecule has 0 spiro atoms. The predicted molar refractivity (Wildman–Crippen MR) is 93.1 cm³/mol. The zero-order valence-electron chi connectivity index (χ0n) is 11.7. The normalized spacial score (nSPS) is 10.5. The zero-order chi connectivity index (χ0) is 15.9. The van der Waals surface area contributed by atoms with E-state index >= 15 is 0 Å². The lowest BCUT2D eigenvalue weighted by Crippen LogP contribution is -2.29. The van der Waals surface area contributed by atoms with Crippen LogP contribution < -0.4 is 10.6 Å². The molecule has 0 saturated heterocycles. The van der Waals surface area contributed by atoms with Crippen LogP contribution in [0.4, 0.5) is 5.69 Å². The van der Waals surface area contributed by atoms with Crippen molar-refractivity contribution in [2.45, 2.75) is 6.42 Å². The number of carbonyl (C=O) groups excluding carboxylic acids is 1. The molecular weight excluding hydrogens is 343 g/mol. The highest BCUT2D eigenvalue weighted by molar-refractivity contribution is 6.44. The van der Waals surface area contributed by atoms with Crippen LogP contribution in [0.15, 0.2) is 42.5 Å². The Morgan fingerprint density at radius 2 is 1.82 bits per heavy atom. The van der Waals surface area contributed by atoms with Crippen LogP contribution in [0, 0.1) is 0 Å². The number of benzene rings is 2. The molecule has 2 aromatic rings. The molecule has 0 unspecified atom stereocenters. The molecular formula is C16H15Cl3N2O. The van der Waals surface area contributed by atoms with E-state index in [1.54, 1.807) is 18.2 Å². The quantitative estimate of drug-likeness (QED) is 0.752. The molecule has 0 heterocycles. The highest BCUT2D eigenvalue weighted by Gasteiger charge is 2.07. The first kappa shape index (κ1) is 17.1. The maximum absolute atomic E-state index is 11.8. The van der Waals surface area contributed by atoms with Gasteiger partial charge < -0.3 is 10.6 Å². The van der Waals surface area contributed by atoms with E-state index in [0.29, 0.717) is 27.3 Å². The van der Waals surface area contributed by atoms with Crippen molar-refractivity contribution >= 4 is 46.4 Å². The lowest BCUT2D eigenvalue weighted by Gasteiger charge is -2.09. The Morgan fingerprint density at radius 3 is 2.59 bits per heavy atom. The molecule has 22 heavy (non-hydrogen) atoms. The summed E-state index contributed by atoms with van der Waals surface area (Å²) >= 11 is 17.8. The Labute approximate surface area is 144 Å². The minimum Gasteiger partial charge on any atom is -0.324 e. The summed E-state index contributed by atoms with van der Waals surface area (Å²) < 4.78 is 0. The summed E-state index contributed by atoms with van der Waals surface area (Å²) in [6, 6.07) is 12.8. The molecule has 116 valence electrons. The molecule has 0 aromatic heterocycles. The van der Waals surface area contributed by atoms with Gasteiger partial charge >= 0.3 is 0 Å². The van der Waals surface area contributed by atoms with Gasteiger partial charge in [0.15, 0.2) is 0 Å². The Morgan fingerprint density at radius 1 is 1.05 bits per heavy atom. The summed E-state index contributed by atoms with van der Waals surface area (Å²) in [4.78, 5) is 11.8. The summed E-state index contributed by atoms with van der Waals surface area (Å²) in [5, 5.41) is 7.26. The second kappa shape index (κ2) is 8.39. The lowest BCUT2D eigenvalue weighted by molar-refractivity contribution is -0.115. The Bertz CT molecular complexity index is 662. The van der Waals surface area contributed by atoms with Crippen LogP contribution in [-0.2, 0) is 11.2 Å². The summed E-state index contributed by atoms with van der Waals surface area (Å²) in [7, 11) is 0. The molecule has 0 atom stereocenters. The molecule has 1 amide bonds. The number of amides is 1. The second-order valence-electron chi connectivity index (χ2n) is 4.71. The van der Waals surface area contributed by atoms with Gasteiger partial charge in [-0.1, -0.05) is 53.0 Å². The molecule has 0 fully saturated rings. The third-order valence-electron chi connectivity index (χ3n) is 2.99. The van der Waals surface area contributed by atoms with Crippen molar-refractivity contribution < 1.29 is 4.79 Å². The average Bonchev–Trinajstić information content (AvgIpc) is 2.49. The van der Waals surface area contributed by atoms with E-state index in [1.165, 1.54) is 0 Å². The number of halogens is 3. The first-order valence-corrected chi connectivity index (χ1v) is 7.88. The van der Waals surface area contributed by atoms with Crippen molar-refractivity contribution in [1.29, 1.82) is 0 Å². The van der Waals surface area contributed by atoms with Gasteiger partial charge in [0.1, 0.15) is 0 Å². The fraction of sp³-hybridized carbons (Fsp3) is 0.188. The molecule has 6 heteroatoms. The van der Waals surface area contributed by atoms with Crippen LogP contribution in [0.2, 0.25) is 15.1 Å². The van der Waals surface area contributed by atoms with Crippen LogP contribution in [0.25, 0.3) is 0 Å². The van der Waals surface area contributed by atoms with Crippen LogP contribution in [0.3, 0.4) is 0 Å². The molecule has 0 aliphatic rings. The number of rotatable bonds is 6. The summed E-state index contributed by atoms with van der Waals surface area (Å²) in [6.07, 6.45) is 0.797. The lowest BCUT2D eigenvalue weighted by atomic mass is 10.1. The minimum absolute atomic E-state index is 0.171. The van der Waals surface area contributed by atoms with Crippen molar-refractivity contribution in [3.05, 3.63) is 63.1 Å². The van der Waals surface area contributed by atoms with Crippen molar-refractivity contribution in [1.82, 2.24) is 5.32 Å². The van der Waals surface area contributed by atoms with Crippen LogP contribution in [-0.4, -0.2) is 19.0 Å². The van der Waals surface area contributed by atoms with E-state index < -0.39 is 0 Å². The fourth-order valence-corrected chi connectivity index (χ4v) is 2.48. The van der Waals surface area contributed by atoms with Gasteiger partial charge in [-0.2, -0.15) is 0 Å². The van der Waals surface area contributed by atoms with Gasteiger partial charge in [-0.3, -0.25) is 4.79 Å². The molecule has 2 N–H and O–H groups in total. The third kappa shape index (κ3) is 5.18. The summed E-state index contributed by atoms with van der Waals surface area (Å²) in [5.74, 6) is -0.171. The van der Waals surface area contributed by atoms with Gasteiger partial charge in [-0.25, -0.2) is 0 Å². The van der Waals surface area contributed by atoms with E-state index in [4.69, 9.17) is 34.8 Å². The topological polar surface area (TPSA) is 41.1 Å². The Kier molecular flexibility index (Phi) is 6.52. The van der Waals surface area contributed by atoms with Crippen LogP contribution in [0.5, 0.6) is 0 Å². The smallest absolute Gasteiger partial charge is 0.238 e. The Balaban J connectivity index is 1.75. The van der Waals surface area contributed by atoms with Crippen molar-refractivity contribution in [2.75, 3.05) is 18.4 Å². The van der Waals surface area contributed by atoms with Gasteiger partial charge in [-0.05, 0) is 42.8 Å². The van der Waals surface area contributed by atoms with E-state index in [0.717, 1.165) is 12.0 Å². The van der Waals surface area contributed by atoms with Gasteiger partial charge in [0.05, 0.1) is 22.3 Å². The van der Waals surface area contributed by atoms with E-state index in [1.807, 2.05) is 24.3 Å². The second-order valence-corrected chi connectivity index (χ2v) is 5.93. The van der Waals surface area contributed by atoms with E-state index in [-0.39, 0.29) is 12.5 Å². The molecule has 0 aliphatic heterocycles. The molecule has 0 bridgehead atoms. The molecule has 0 saturated carbocycles. The maximum atomic E-state index is 11.8. The number of nitrogens with one attached hydrogen (secondary N) is 2. The van der Waals surface area contributed by atoms with Crippen LogP contribution in [0.1, 0.15) is 5.56 Å². The average molecular weight is 358 g/mol. The molecule has 2 aromatic carbocycles. The van der Waals surface area contributed by atoms with Gasteiger partial charge in [-0.15, -0.1) is 0 Å². The SMILES string of the molecule is O=C(CNCCc1cccc(Cl)c1)Nc1cccc(Cl)c1Cl. The molecule has 0 aliphatic carbocycles. The van der Waals surface area contributed by atoms with Crippen molar-refractivity contribution in [3.63, 3.8) is 0 Å². The van der Waals surface area contributed by atoms with Crippen molar-refractivity contribution in [2.24, 2.45) is 0 Å². The highest BCUT2D eigenvalue weighted by atomic mass is 35.5. The predicted octanol–water partition coefficient (Wildman–Crippen LogP) is 4.42. The summed E-state index contributed by atoms with van der Waals surface area (Å²) in [6.45, 7) is 0.875. The summed E-state index contributed by atoms with van der Waals surface area (Å²) in [5.41, 5.74) is 1.63. The standard InChI is InChI=1S/C16H15Cl3N2O/c17-12-4-1-3-11(9-12)7-8-20-10-15(22)21-14-6-2-5-13(18)16(14)19/h1-6,9,20H,7-8,10H2,(H,21,22). The highest BCUT2D eigenvalue weighted by Crippen LogP contribution is 2.29. The number of hydrogen-bond donors (Lipinski definition) is 2. The van der Waals surface area contributed by atoms with Gasteiger partial charge in [0.25, 0.3) is 0 Å². The monoisotopic (exact) mass is 356 g/mol. The number of carbonyl (C=O) groups is 1. The molecule has 3 nitrogen and oxygen atoms in total. The van der Waals surface area contributed by atoms with Gasteiger partial charge in [0, 0.05) is 5.02 Å². The number of hydrogen-bond acceptors (Lipinski definition) is 2. The largest absolute Gasteiger partial charge is 0.324 e. The van der Waals surface area contributed by atoms with Crippen LogP contribution >= 0.6 is 34.8 Å². The number of anilines is 1. The molecule has 2 rings (SSSR count). The third-order valence-corrected chi connectivity index (χ3v) is 4.04. The maximum Gasteiger partial charge on any atom is 0.238 e. The van der Waals surface area contributed by atoms with E-state index in [9.17, 15) is 4.79 Å². The first-order chi connectivity index (χ1) is 10.6. The van der Waals surface area contributed by atoms with E-state index in [2.05, 4.69) is 10.6 Å². The fourth-order valence-electron chi connectivity index (χ4n) is 1.92. The zero-order valence-corrected chi connectivity index (χ0v) is 14.0. The van der Waals surface area contributed by atoms with Crippen molar-refractivity contribution in [3.8, 4) is 0 Å². The first-order valence-electron chi connectivity index (χ1n) is 6.75. The van der Waals surface area contributed by atoms with Gasteiger partial charge in [0.2, 0.25) is 5.91 Å². The Hall–Kier alpha value is -1.26. The minimum atomic E-state index is -0.171. The molecule has 0 radical (unpaired) electrons.